The number of carbonyl (C=O) groups is 1. The molecule has 24 heavy (non-hydrogen) atoms. The smallest absolute Gasteiger partial charge is 0.850 e. The summed E-state index contributed by atoms with van der Waals surface area (Å²) in [7, 11) is 0. The van der Waals surface area contributed by atoms with Gasteiger partial charge in [-0.25, -0.2) is 0 Å². The molecule has 0 aromatic heterocycles. The number of amides is 1. The Morgan fingerprint density at radius 3 is 2.21 bits per heavy atom. The van der Waals surface area contributed by atoms with E-state index in [9.17, 15) is 23.1 Å². The minimum atomic E-state index is -4.48. The van der Waals surface area contributed by atoms with Crippen molar-refractivity contribution in [2.24, 2.45) is 5.73 Å². The van der Waals surface area contributed by atoms with Gasteiger partial charge < -0.3 is 21.7 Å². The Morgan fingerprint density at radius 1 is 1.29 bits per heavy atom. The number of carbonyl (C=O) groups excluding carboxylic acids is 1. The molecule has 5 nitrogen and oxygen atoms in total. The molecule has 0 aromatic rings. The third-order valence-electron chi connectivity index (χ3n) is 2.61. The van der Waals surface area contributed by atoms with Gasteiger partial charge in [0, 0.05) is 11.8 Å². The molecule has 0 fully saturated rings. The summed E-state index contributed by atoms with van der Waals surface area (Å²) in [6.07, 6.45) is 0.527. The van der Waals surface area contributed by atoms with Crippen molar-refractivity contribution in [3.63, 3.8) is 0 Å². The van der Waals surface area contributed by atoms with Crippen LogP contribution >= 0.6 is 0 Å². The Bertz CT molecular complexity index is 594. The van der Waals surface area contributed by atoms with Crippen LogP contribution in [0.15, 0.2) is 46.8 Å². The molecule has 0 aromatic carbocycles. The molecule has 1 aliphatic carbocycles. The summed E-state index contributed by atoms with van der Waals surface area (Å²) in [5.41, 5.74) is 9.76. The maximum absolute atomic E-state index is 12.6. The van der Waals surface area contributed by atoms with Crippen LogP contribution in [0.5, 0.6) is 0 Å². The van der Waals surface area contributed by atoms with Gasteiger partial charge in [0.2, 0.25) is 5.91 Å². The second-order valence-corrected chi connectivity index (χ2v) is 5.89. The van der Waals surface area contributed by atoms with Crippen molar-refractivity contribution in [3.05, 3.63) is 46.8 Å². The van der Waals surface area contributed by atoms with Crippen LogP contribution in [-0.4, -0.2) is 17.7 Å². The van der Waals surface area contributed by atoms with Crippen molar-refractivity contribution in [1.82, 2.24) is 10.9 Å². The molecular formula is C15H19F3KN3O2. The summed E-state index contributed by atoms with van der Waals surface area (Å²) in [5.74, 6) is -0.880. The zero-order valence-electron chi connectivity index (χ0n) is 14.0. The quantitative estimate of drug-likeness (QED) is 0.482. The van der Waals surface area contributed by atoms with Gasteiger partial charge in [0.15, 0.2) is 0 Å². The van der Waals surface area contributed by atoms with Crippen LogP contribution in [0.1, 0.15) is 27.2 Å². The van der Waals surface area contributed by atoms with Gasteiger partial charge in [0.1, 0.15) is 0 Å². The number of nitrogens with one attached hydrogen (secondary N) is 2. The molecule has 0 saturated heterocycles. The molecule has 0 atom stereocenters. The van der Waals surface area contributed by atoms with Gasteiger partial charge in [-0.2, -0.15) is 13.2 Å². The van der Waals surface area contributed by atoms with Gasteiger partial charge in [-0.1, -0.05) is 26.8 Å². The SMILES string of the molecule is CC(C)(C)[O-].NC(=O)C1=CC(C(F)(F)F)=CCC1=C1C=CNN1.[K+]. The van der Waals surface area contributed by atoms with E-state index < -0.39 is 23.3 Å². The fourth-order valence-electron chi connectivity index (χ4n) is 1.76. The molecule has 0 saturated carbocycles. The molecule has 4 N–H and O–H groups in total. The number of halogens is 3. The molecule has 1 aliphatic heterocycles. The summed E-state index contributed by atoms with van der Waals surface area (Å²) in [5, 5.41) is 10.1. The van der Waals surface area contributed by atoms with Gasteiger partial charge in [-0.3, -0.25) is 4.79 Å². The number of primary amides is 1. The molecule has 0 radical (unpaired) electrons. The maximum Gasteiger partial charge on any atom is 1.00 e. The van der Waals surface area contributed by atoms with E-state index in [1.54, 1.807) is 33.0 Å². The second-order valence-electron chi connectivity index (χ2n) is 5.89. The Morgan fingerprint density at radius 2 is 1.83 bits per heavy atom. The Kier molecular flexibility index (Phi) is 8.98. The van der Waals surface area contributed by atoms with E-state index in [2.05, 4.69) is 10.9 Å². The number of hydrazine groups is 1. The summed E-state index contributed by atoms with van der Waals surface area (Å²) in [6.45, 7) is 4.90. The molecule has 1 amide bonds. The first kappa shape index (κ1) is 23.4. The number of rotatable bonds is 1. The Labute approximate surface area is 181 Å². The summed E-state index contributed by atoms with van der Waals surface area (Å²) < 4.78 is 37.7. The van der Waals surface area contributed by atoms with E-state index in [1.807, 2.05) is 0 Å². The molecule has 2 rings (SSSR count). The number of nitrogens with two attached hydrogens (primary N) is 1. The standard InChI is InChI=1S/C11H10F3N3O.C4H9O.K/c12-11(13,14)6-1-2-7(8(5-6)10(15)18)9-3-4-16-17-9;1-4(2,3)5;/h1,3-5,16-17H,2H2,(H2,15,18);1-3H3;/q;-1;+1. The zero-order valence-corrected chi connectivity index (χ0v) is 17.2. The average Bonchev–Trinajstić information content (AvgIpc) is 2.88. The predicted octanol–water partition coefficient (Wildman–Crippen LogP) is -1.68. The monoisotopic (exact) mass is 369 g/mol. The van der Waals surface area contributed by atoms with Crippen LogP contribution in [-0.2, 0) is 4.79 Å². The second kappa shape index (κ2) is 9.21. The van der Waals surface area contributed by atoms with Crippen molar-refractivity contribution in [2.45, 2.75) is 39.0 Å². The van der Waals surface area contributed by atoms with E-state index in [-0.39, 0.29) is 63.4 Å². The third kappa shape index (κ3) is 7.99. The molecule has 1 heterocycles. The van der Waals surface area contributed by atoms with Crippen molar-refractivity contribution < 1.29 is 74.5 Å². The van der Waals surface area contributed by atoms with Gasteiger partial charge in [-0.05, 0) is 24.1 Å². The topological polar surface area (TPSA) is 90.2 Å². The van der Waals surface area contributed by atoms with Crippen LogP contribution in [0.25, 0.3) is 0 Å². The fourth-order valence-corrected chi connectivity index (χ4v) is 1.76. The number of hydrogen-bond acceptors (Lipinski definition) is 4. The average molecular weight is 369 g/mol. The number of alkyl halides is 3. The summed E-state index contributed by atoms with van der Waals surface area (Å²) >= 11 is 0. The first-order chi connectivity index (χ1) is 10.4. The van der Waals surface area contributed by atoms with Crippen LogP contribution in [0.4, 0.5) is 13.2 Å². The van der Waals surface area contributed by atoms with Crippen molar-refractivity contribution in [1.29, 1.82) is 0 Å². The molecule has 128 valence electrons. The number of hydrogen-bond donors (Lipinski definition) is 3. The maximum atomic E-state index is 12.6. The normalized spacial score (nSPS) is 19.8. The minimum Gasteiger partial charge on any atom is -0.850 e. The first-order valence-corrected chi connectivity index (χ1v) is 6.80. The van der Waals surface area contributed by atoms with E-state index in [0.717, 1.165) is 12.2 Å². The predicted molar refractivity (Wildman–Crippen MR) is 78.2 cm³/mol. The van der Waals surface area contributed by atoms with Gasteiger partial charge >= 0.3 is 57.6 Å². The van der Waals surface area contributed by atoms with Gasteiger partial charge in [0.05, 0.1) is 11.3 Å². The fraction of sp³-hybridized carbons (Fsp3) is 0.400. The van der Waals surface area contributed by atoms with Gasteiger partial charge in [-0.15, -0.1) is 5.60 Å². The van der Waals surface area contributed by atoms with Crippen molar-refractivity contribution in [3.8, 4) is 0 Å². The molecule has 0 unspecified atom stereocenters. The van der Waals surface area contributed by atoms with Crippen molar-refractivity contribution in [2.75, 3.05) is 0 Å². The molecule has 2 aliphatic rings. The van der Waals surface area contributed by atoms with Crippen LogP contribution < -0.4 is 73.1 Å². The first-order valence-electron chi connectivity index (χ1n) is 6.80. The largest absolute Gasteiger partial charge is 1.00 e. The Balaban J connectivity index is 0.000000777. The van der Waals surface area contributed by atoms with Crippen LogP contribution in [0.2, 0.25) is 0 Å². The Hall–Kier alpha value is -0.584. The molecular weight excluding hydrogens is 350 g/mol. The number of allylic oxidation sites excluding steroid dienone is 4. The van der Waals surface area contributed by atoms with Crippen LogP contribution in [0.3, 0.4) is 0 Å². The molecule has 0 bridgehead atoms. The van der Waals surface area contributed by atoms with E-state index in [4.69, 9.17) is 5.73 Å². The van der Waals surface area contributed by atoms with E-state index in [0.29, 0.717) is 11.3 Å². The minimum absolute atomic E-state index is 0. The van der Waals surface area contributed by atoms with Crippen LogP contribution in [0, 0.1) is 0 Å². The van der Waals surface area contributed by atoms with Crippen molar-refractivity contribution >= 4 is 5.91 Å². The third-order valence-corrected chi connectivity index (χ3v) is 2.61. The van der Waals surface area contributed by atoms with E-state index in [1.165, 1.54) is 0 Å². The van der Waals surface area contributed by atoms with Gasteiger partial charge in [0.25, 0.3) is 0 Å². The zero-order chi connectivity index (χ0) is 17.8. The summed E-state index contributed by atoms with van der Waals surface area (Å²) in [6, 6.07) is 0. The molecule has 0 spiro atoms. The summed E-state index contributed by atoms with van der Waals surface area (Å²) in [4.78, 5) is 11.2. The van der Waals surface area contributed by atoms with E-state index >= 15 is 0 Å². The molecule has 9 heteroatoms.